The Morgan fingerprint density at radius 1 is 1.25 bits per heavy atom. The molecule has 1 aromatic heterocycles. The Balaban J connectivity index is 2.09. The molecule has 1 fully saturated rings. The predicted octanol–water partition coefficient (Wildman–Crippen LogP) is -1.99. The van der Waals surface area contributed by atoms with Gasteiger partial charge in [0.2, 0.25) is 0 Å². The molecule has 0 aliphatic carbocycles. The summed E-state index contributed by atoms with van der Waals surface area (Å²) in [4.78, 5) is 48.4. The minimum Gasteiger partial charge on any atom is -0.778 e. The maximum absolute atomic E-state index is 11.8. The van der Waals surface area contributed by atoms with Gasteiger partial charge in [0.15, 0.2) is 6.23 Å². The van der Waals surface area contributed by atoms with Crippen LogP contribution in [0.4, 0.5) is 0 Å². The van der Waals surface area contributed by atoms with Crippen molar-refractivity contribution in [1.29, 1.82) is 0 Å². The van der Waals surface area contributed by atoms with E-state index in [0.717, 1.165) is 16.8 Å². The van der Waals surface area contributed by atoms with Crippen LogP contribution in [0.25, 0.3) is 0 Å². The molecule has 0 radical (unpaired) electrons. The molecule has 15 heteroatoms. The monoisotopic (exact) mass is 442 g/mol. The van der Waals surface area contributed by atoms with E-state index in [-0.39, 0.29) is 0 Å². The molecule has 160 valence electrons. The van der Waals surface area contributed by atoms with Gasteiger partial charge in [0.25, 0.3) is 13.4 Å². The largest absolute Gasteiger partial charge is 0.778 e. The average Bonchev–Trinajstić information content (AvgIpc) is 2.79. The Morgan fingerprint density at radius 3 is 2.39 bits per heavy atom. The van der Waals surface area contributed by atoms with E-state index >= 15 is 0 Å². The normalized spacial score (nSPS) is 30.0. The Hall–Kier alpha value is -1.14. The summed E-state index contributed by atoms with van der Waals surface area (Å²) in [6.45, 7) is 2.80. The highest BCUT2D eigenvalue weighted by molar-refractivity contribution is 7.63. The Morgan fingerprint density at radius 2 is 1.86 bits per heavy atom. The minimum absolute atomic E-state index is 0.695. The number of nitrogens with zero attached hydrogens (tertiary/aromatic N) is 1. The molecule has 28 heavy (non-hydrogen) atoms. The maximum atomic E-state index is 11.8. The van der Waals surface area contributed by atoms with Crippen molar-refractivity contribution >= 4 is 15.4 Å². The molecule has 0 bridgehead atoms. The molecule has 2 rings (SSSR count). The van der Waals surface area contributed by atoms with Gasteiger partial charge in [0, 0.05) is 17.4 Å². The Kier molecular flexibility index (Phi) is 6.56. The fourth-order valence-electron chi connectivity index (χ4n) is 2.17. The molecular weight excluding hydrogens is 422 g/mol. The number of phosphoric ester groups is 1. The standard InChI is InChI=1S/C13H22N2O11P2/c1-13(2,3)27(20,21)26-28(22,23)24-6-7-9(17)10(18)11(25-7)15-5-4-8(16)14-12(15)19/h4-5,7,9-11,17-18H,6H2,1-3H3,(H,20,21)(H,22,23)(H,14,16,19)/p-2/t7-,9?,10+,11-/m1/s1. The summed E-state index contributed by atoms with van der Waals surface area (Å²) in [7, 11) is -10.2. The van der Waals surface area contributed by atoms with Gasteiger partial charge < -0.3 is 33.8 Å². The number of aromatic amines is 1. The first-order valence-corrected chi connectivity index (χ1v) is 11.0. The summed E-state index contributed by atoms with van der Waals surface area (Å²) >= 11 is 0. The molecule has 2 heterocycles. The number of H-pyrrole nitrogens is 1. The van der Waals surface area contributed by atoms with Gasteiger partial charge in [-0.1, -0.05) is 20.8 Å². The van der Waals surface area contributed by atoms with Gasteiger partial charge in [-0.05, 0) is 0 Å². The van der Waals surface area contributed by atoms with Crippen LogP contribution < -0.4 is 21.0 Å². The third-order valence-corrected chi connectivity index (χ3v) is 7.66. The highest BCUT2D eigenvalue weighted by Gasteiger charge is 2.45. The first-order chi connectivity index (χ1) is 12.6. The molecule has 6 atom stereocenters. The zero-order chi connectivity index (χ0) is 21.5. The van der Waals surface area contributed by atoms with Crippen LogP contribution in [0.2, 0.25) is 0 Å². The molecule has 0 spiro atoms. The number of ether oxygens (including phenoxy) is 1. The zero-order valence-electron chi connectivity index (χ0n) is 15.1. The predicted molar refractivity (Wildman–Crippen MR) is 89.2 cm³/mol. The lowest BCUT2D eigenvalue weighted by Gasteiger charge is -2.39. The maximum Gasteiger partial charge on any atom is 0.330 e. The second kappa shape index (κ2) is 7.94. The van der Waals surface area contributed by atoms with Gasteiger partial charge in [-0.3, -0.25) is 23.2 Å². The molecule has 0 saturated carbocycles. The van der Waals surface area contributed by atoms with Crippen LogP contribution in [-0.2, 0) is 22.7 Å². The molecule has 0 amide bonds. The molecule has 1 saturated heterocycles. The van der Waals surface area contributed by atoms with Crippen LogP contribution in [0, 0.1) is 0 Å². The first kappa shape index (κ1) is 23.1. The fourth-order valence-corrected chi connectivity index (χ4v) is 4.72. The second-order valence-electron chi connectivity index (χ2n) is 7.06. The highest BCUT2D eigenvalue weighted by atomic mass is 31.3. The van der Waals surface area contributed by atoms with Gasteiger partial charge in [-0.15, -0.1) is 0 Å². The lowest BCUT2D eigenvalue weighted by Crippen LogP contribution is -2.37. The molecule has 3 unspecified atom stereocenters. The van der Waals surface area contributed by atoms with Crippen molar-refractivity contribution in [3.05, 3.63) is 33.1 Å². The topological polar surface area (TPSA) is 203 Å². The zero-order valence-corrected chi connectivity index (χ0v) is 16.9. The number of aromatic nitrogens is 2. The summed E-state index contributed by atoms with van der Waals surface area (Å²) in [5.41, 5.74) is -1.62. The van der Waals surface area contributed by atoms with Crippen molar-refractivity contribution in [3.63, 3.8) is 0 Å². The Bertz CT molecular complexity index is 920. The number of phosphoric acid groups is 1. The van der Waals surface area contributed by atoms with Crippen molar-refractivity contribution < 1.29 is 42.7 Å². The van der Waals surface area contributed by atoms with E-state index in [9.17, 15) is 38.7 Å². The van der Waals surface area contributed by atoms with Gasteiger partial charge in [-0.2, -0.15) is 0 Å². The van der Waals surface area contributed by atoms with Crippen LogP contribution >= 0.6 is 15.4 Å². The number of aliphatic hydroxyl groups is 2. The van der Waals surface area contributed by atoms with Crippen molar-refractivity contribution in [2.45, 2.75) is 50.5 Å². The summed E-state index contributed by atoms with van der Waals surface area (Å²) < 4.78 is 38.3. The summed E-state index contributed by atoms with van der Waals surface area (Å²) in [6, 6.07) is 0.978. The quantitative estimate of drug-likeness (QED) is 0.411. The third-order valence-electron chi connectivity index (χ3n) is 3.89. The number of rotatable bonds is 6. The Labute approximate surface area is 158 Å². The summed E-state index contributed by atoms with van der Waals surface area (Å²) in [5.74, 6) is 0. The van der Waals surface area contributed by atoms with Gasteiger partial charge in [-0.25, -0.2) is 4.79 Å². The second-order valence-corrected chi connectivity index (χ2v) is 11.2. The molecule has 0 aromatic carbocycles. The number of nitrogens with one attached hydrogen (secondary N) is 1. The number of aliphatic hydroxyl groups excluding tert-OH is 2. The summed E-state index contributed by atoms with van der Waals surface area (Å²) in [5, 5.41) is 18.5. The van der Waals surface area contributed by atoms with Gasteiger partial charge in [0.05, 0.1) is 6.61 Å². The van der Waals surface area contributed by atoms with E-state index in [1.165, 1.54) is 20.8 Å². The van der Waals surface area contributed by atoms with Gasteiger partial charge in [0.1, 0.15) is 25.9 Å². The van der Waals surface area contributed by atoms with E-state index in [4.69, 9.17) is 4.74 Å². The van der Waals surface area contributed by atoms with E-state index in [0.29, 0.717) is 0 Å². The number of hydrogen-bond donors (Lipinski definition) is 3. The molecule has 3 N–H and O–H groups in total. The summed E-state index contributed by atoms with van der Waals surface area (Å²) in [6.07, 6.45) is -5.20. The molecular formula is C13H20N2O11P2-2. The van der Waals surface area contributed by atoms with Gasteiger partial charge >= 0.3 is 5.69 Å². The fraction of sp³-hybridized carbons (Fsp3) is 0.692. The van der Waals surface area contributed by atoms with Crippen molar-refractivity contribution in [3.8, 4) is 0 Å². The number of hydrogen-bond acceptors (Lipinski definition) is 11. The molecule has 13 nitrogen and oxygen atoms in total. The van der Waals surface area contributed by atoms with E-state index < -0.39 is 63.0 Å². The minimum atomic E-state index is -5.33. The van der Waals surface area contributed by atoms with Crippen molar-refractivity contribution in [2.24, 2.45) is 0 Å². The van der Waals surface area contributed by atoms with Crippen LogP contribution in [-0.4, -0.2) is 49.8 Å². The van der Waals surface area contributed by atoms with Crippen LogP contribution in [0.5, 0.6) is 0 Å². The smallest absolute Gasteiger partial charge is 0.330 e. The average molecular weight is 442 g/mol. The SMILES string of the molecule is CC(C)(C)P(=O)([O-])OP(=O)([O-])OC[C@H]1O[C@@H](n2ccc(=O)[nH]c2=O)[C@@H](O)C1O. The van der Waals surface area contributed by atoms with Crippen molar-refractivity contribution in [2.75, 3.05) is 6.61 Å². The lowest BCUT2D eigenvalue weighted by molar-refractivity contribution is -0.235. The lowest BCUT2D eigenvalue weighted by atomic mass is 10.1. The molecule has 1 aliphatic heterocycles. The van der Waals surface area contributed by atoms with E-state index in [2.05, 4.69) is 8.83 Å². The van der Waals surface area contributed by atoms with E-state index in [1.54, 1.807) is 0 Å². The van der Waals surface area contributed by atoms with Crippen LogP contribution in [0.15, 0.2) is 21.9 Å². The third kappa shape index (κ3) is 5.07. The van der Waals surface area contributed by atoms with Crippen LogP contribution in [0.1, 0.15) is 27.0 Å². The molecule has 1 aliphatic rings. The molecule has 1 aromatic rings. The first-order valence-electron chi connectivity index (χ1n) is 7.96. The van der Waals surface area contributed by atoms with E-state index in [1.807, 2.05) is 4.98 Å². The highest BCUT2D eigenvalue weighted by Crippen LogP contribution is 2.61. The van der Waals surface area contributed by atoms with Crippen molar-refractivity contribution in [1.82, 2.24) is 9.55 Å². The van der Waals surface area contributed by atoms with Crippen LogP contribution in [0.3, 0.4) is 0 Å².